The maximum atomic E-state index is 6.21. The van der Waals surface area contributed by atoms with Crippen LogP contribution >= 0.6 is 0 Å². The van der Waals surface area contributed by atoms with Gasteiger partial charge in [-0.25, -0.2) is 0 Å². The van der Waals surface area contributed by atoms with E-state index in [0.29, 0.717) is 19.8 Å². The lowest BCUT2D eigenvalue weighted by Gasteiger charge is -2.14. The average Bonchev–Trinajstić information content (AvgIpc) is 2.78. The lowest BCUT2D eigenvalue weighted by atomic mass is 10.1. The van der Waals surface area contributed by atoms with Crippen molar-refractivity contribution in [2.75, 3.05) is 11.9 Å². The van der Waals surface area contributed by atoms with Gasteiger partial charge in [-0.1, -0.05) is 60.7 Å². The Balaban J connectivity index is 1.44. The van der Waals surface area contributed by atoms with Crippen molar-refractivity contribution in [2.45, 2.75) is 20.1 Å². The summed E-state index contributed by atoms with van der Waals surface area (Å²) < 4.78 is 11.7. The zero-order chi connectivity index (χ0) is 19.9. The first-order valence-corrected chi connectivity index (χ1v) is 9.97. The van der Waals surface area contributed by atoms with Crippen molar-refractivity contribution in [1.29, 1.82) is 0 Å². The minimum atomic E-state index is 0.543. The third-order valence-electron chi connectivity index (χ3n) is 4.88. The molecular weight excluding hydrogens is 358 g/mol. The first-order valence-electron chi connectivity index (χ1n) is 9.97. The number of hydrogen-bond donors (Lipinski definition) is 1. The Morgan fingerprint density at radius 1 is 0.690 bits per heavy atom. The maximum Gasteiger partial charge on any atom is 0.124 e. The molecule has 0 bridgehead atoms. The van der Waals surface area contributed by atoms with Crippen molar-refractivity contribution in [1.82, 2.24) is 0 Å². The fourth-order valence-corrected chi connectivity index (χ4v) is 3.40. The van der Waals surface area contributed by atoms with E-state index in [1.165, 1.54) is 16.3 Å². The molecule has 0 aliphatic heterocycles. The van der Waals surface area contributed by atoms with Crippen molar-refractivity contribution in [3.8, 4) is 11.5 Å². The maximum absolute atomic E-state index is 6.21. The van der Waals surface area contributed by atoms with Crippen LogP contribution in [-0.2, 0) is 13.2 Å². The number of para-hydroxylation sites is 1. The number of nitrogens with one attached hydrogen (secondary N) is 1. The van der Waals surface area contributed by atoms with Gasteiger partial charge in [0.05, 0.1) is 6.61 Å². The Kier molecular flexibility index (Phi) is 5.96. The summed E-state index contributed by atoms with van der Waals surface area (Å²) in [6.07, 6.45) is 0. The third kappa shape index (κ3) is 4.69. The van der Waals surface area contributed by atoms with Crippen LogP contribution in [0.3, 0.4) is 0 Å². The molecule has 4 aromatic carbocycles. The molecule has 4 rings (SSSR count). The molecule has 3 heteroatoms. The highest BCUT2D eigenvalue weighted by molar-refractivity contribution is 5.85. The van der Waals surface area contributed by atoms with Crippen LogP contribution in [-0.4, -0.2) is 6.61 Å². The molecular formula is C26H25NO2. The molecule has 0 spiro atoms. The normalized spacial score (nSPS) is 10.7. The predicted octanol–water partition coefficient (Wildman–Crippen LogP) is 6.43. The van der Waals surface area contributed by atoms with E-state index in [1.807, 2.05) is 49.4 Å². The summed E-state index contributed by atoms with van der Waals surface area (Å²) in [6.45, 7) is 3.90. The Morgan fingerprint density at radius 3 is 2.28 bits per heavy atom. The fraction of sp³-hybridized carbons (Fsp3) is 0.154. The van der Waals surface area contributed by atoms with Crippen molar-refractivity contribution >= 4 is 16.5 Å². The second kappa shape index (κ2) is 9.16. The smallest absolute Gasteiger partial charge is 0.124 e. The molecule has 0 radical (unpaired) electrons. The number of rotatable bonds is 8. The van der Waals surface area contributed by atoms with Gasteiger partial charge in [-0.15, -0.1) is 0 Å². The van der Waals surface area contributed by atoms with Crippen molar-refractivity contribution in [2.24, 2.45) is 0 Å². The minimum absolute atomic E-state index is 0.543. The number of fused-ring (bicyclic) bond motifs is 1. The monoisotopic (exact) mass is 383 g/mol. The van der Waals surface area contributed by atoms with Gasteiger partial charge in [0.1, 0.15) is 18.1 Å². The van der Waals surface area contributed by atoms with E-state index in [2.05, 4.69) is 53.8 Å². The summed E-state index contributed by atoms with van der Waals surface area (Å²) in [5.41, 5.74) is 3.37. The standard InChI is InChI=1S/C26H25NO2/c1-2-28-24-16-14-23(15-17-24)27-18-21-9-4-6-13-26(21)29-19-22-11-7-10-20-8-3-5-12-25(20)22/h3-17,27H,2,18-19H2,1H3. The highest BCUT2D eigenvalue weighted by Gasteiger charge is 2.06. The SMILES string of the molecule is CCOc1ccc(NCc2ccccc2OCc2cccc3ccccc23)cc1. The van der Waals surface area contributed by atoms with Crippen LogP contribution in [0.2, 0.25) is 0 Å². The van der Waals surface area contributed by atoms with E-state index in [1.54, 1.807) is 0 Å². The van der Waals surface area contributed by atoms with Crippen molar-refractivity contribution in [3.05, 3.63) is 102 Å². The van der Waals surface area contributed by atoms with Crippen LogP contribution in [0.5, 0.6) is 11.5 Å². The van der Waals surface area contributed by atoms with Gasteiger partial charge in [0.15, 0.2) is 0 Å². The molecule has 4 aromatic rings. The molecule has 0 atom stereocenters. The largest absolute Gasteiger partial charge is 0.494 e. The number of hydrogen-bond acceptors (Lipinski definition) is 3. The van der Waals surface area contributed by atoms with Gasteiger partial charge in [-0.05, 0) is 53.6 Å². The van der Waals surface area contributed by atoms with Crippen LogP contribution in [0, 0.1) is 0 Å². The highest BCUT2D eigenvalue weighted by atomic mass is 16.5. The van der Waals surface area contributed by atoms with E-state index >= 15 is 0 Å². The van der Waals surface area contributed by atoms with E-state index in [4.69, 9.17) is 9.47 Å². The van der Waals surface area contributed by atoms with Gasteiger partial charge in [0.25, 0.3) is 0 Å². The molecule has 0 amide bonds. The second-order valence-electron chi connectivity index (χ2n) is 6.85. The molecule has 3 nitrogen and oxygen atoms in total. The van der Waals surface area contributed by atoms with E-state index in [9.17, 15) is 0 Å². The van der Waals surface area contributed by atoms with Crippen LogP contribution in [0.25, 0.3) is 10.8 Å². The van der Waals surface area contributed by atoms with Crippen molar-refractivity contribution < 1.29 is 9.47 Å². The minimum Gasteiger partial charge on any atom is -0.494 e. The van der Waals surface area contributed by atoms with E-state index < -0.39 is 0 Å². The number of ether oxygens (including phenoxy) is 2. The highest BCUT2D eigenvalue weighted by Crippen LogP contribution is 2.24. The Bertz CT molecular complexity index is 1070. The van der Waals surface area contributed by atoms with Crippen LogP contribution < -0.4 is 14.8 Å². The zero-order valence-corrected chi connectivity index (χ0v) is 16.6. The lowest BCUT2D eigenvalue weighted by molar-refractivity contribution is 0.304. The fourth-order valence-electron chi connectivity index (χ4n) is 3.40. The van der Waals surface area contributed by atoms with Crippen LogP contribution in [0.4, 0.5) is 5.69 Å². The molecule has 0 saturated carbocycles. The second-order valence-corrected chi connectivity index (χ2v) is 6.85. The molecule has 0 aliphatic rings. The first kappa shape index (κ1) is 18.9. The zero-order valence-electron chi connectivity index (χ0n) is 16.6. The predicted molar refractivity (Wildman–Crippen MR) is 120 cm³/mol. The van der Waals surface area contributed by atoms with Gasteiger partial charge in [0.2, 0.25) is 0 Å². The van der Waals surface area contributed by atoms with Gasteiger partial charge in [-0.2, -0.15) is 0 Å². The van der Waals surface area contributed by atoms with Crippen molar-refractivity contribution in [3.63, 3.8) is 0 Å². The van der Waals surface area contributed by atoms with Crippen LogP contribution in [0.15, 0.2) is 91.0 Å². The molecule has 1 N–H and O–H groups in total. The summed E-state index contributed by atoms with van der Waals surface area (Å²) in [4.78, 5) is 0. The summed E-state index contributed by atoms with van der Waals surface area (Å²) in [5, 5.41) is 5.93. The first-order chi connectivity index (χ1) is 14.3. The lowest BCUT2D eigenvalue weighted by Crippen LogP contribution is -2.04. The molecule has 0 saturated heterocycles. The van der Waals surface area contributed by atoms with Gasteiger partial charge < -0.3 is 14.8 Å². The number of anilines is 1. The van der Waals surface area contributed by atoms with Crippen LogP contribution in [0.1, 0.15) is 18.1 Å². The summed E-state index contributed by atoms with van der Waals surface area (Å²) in [6, 6.07) is 31.0. The van der Waals surface area contributed by atoms with Gasteiger partial charge in [-0.3, -0.25) is 0 Å². The molecule has 0 aliphatic carbocycles. The topological polar surface area (TPSA) is 30.5 Å². The Morgan fingerprint density at radius 2 is 1.41 bits per heavy atom. The average molecular weight is 383 g/mol. The third-order valence-corrected chi connectivity index (χ3v) is 4.88. The van der Waals surface area contributed by atoms with Gasteiger partial charge >= 0.3 is 0 Å². The molecule has 29 heavy (non-hydrogen) atoms. The quantitative estimate of drug-likeness (QED) is 0.380. The van der Waals surface area contributed by atoms with E-state index in [-0.39, 0.29) is 0 Å². The molecule has 0 aromatic heterocycles. The molecule has 146 valence electrons. The molecule has 0 unspecified atom stereocenters. The number of benzene rings is 4. The molecule has 0 fully saturated rings. The summed E-state index contributed by atoms with van der Waals surface area (Å²) >= 11 is 0. The summed E-state index contributed by atoms with van der Waals surface area (Å²) in [7, 11) is 0. The summed E-state index contributed by atoms with van der Waals surface area (Å²) in [5.74, 6) is 1.79. The molecule has 0 heterocycles. The Hall–Kier alpha value is -3.46. The van der Waals surface area contributed by atoms with Gasteiger partial charge in [0, 0.05) is 17.8 Å². The Labute approximate surface area is 171 Å². The van der Waals surface area contributed by atoms with E-state index in [0.717, 1.165) is 22.7 Å².